The molecule has 1 aromatic carbocycles. The molecule has 0 saturated heterocycles. The van der Waals surface area contributed by atoms with Crippen molar-refractivity contribution >= 4 is 0 Å². The highest BCUT2D eigenvalue weighted by molar-refractivity contribution is 5.36. The molecular weight excluding hydrogens is 373 g/mol. The highest BCUT2D eigenvalue weighted by Crippen LogP contribution is 2.55. The van der Waals surface area contributed by atoms with Crippen LogP contribution in [0.25, 0.3) is 0 Å². The number of rotatable bonds is 8. The lowest BCUT2D eigenvalue weighted by Gasteiger charge is -2.51. The highest BCUT2D eigenvalue weighted by Gasteiger charge is 2.44. The molecule has 3 rings (SSSR count). The van der Waals surface area contributed by atoms with Gasteiger partial charge in [-0.15, -0.1) is 0 Å². The number of hydrogen-bond donors (Lipinski definition) is 0. The van der Waals surface area contributed by atoms with Crippen LogP contribution in [-0.2, 0) is 0 Å². The van der Waals surface area contributed by atoms with E-state index in [1.807, 2.05) is 12.1 Å². The lowest BCUT2D eigenvalue weighted by molar-refractivity contribution is -0.00440. The summed E-state index contributed by atoms with van der Waals surface area (Å²) in [5.74, 6) is 2.16. The zero-order valence-corrected chi connectivity index (χ0v) is 18.8. The van der Waals surface area contributed by atoms with Crippen LogP contribution in [0.5, 0.6) is 5.75 Å². The summed E-state index contributed by atoms with van der Waals surface area (Å²) < 4.78 is 19.4. The Balaban J connectivity index is 1.50. The summed E-state index contributed by atoms with van der Waals surface area (Å²) in [7, 11) is 0. The minimum Gasteiger partial charge on any atom is -0.486 e. The third-order valence-corrected chi connectivity index (χ3v) is 7.97. The molecule has 0 bridgehead atoms. The first-order valence-electron chi connectivity index (χ1n) is 12.1. The van der Waals surface area contributed by atoms with Gasteiger partial charge in [0.15, 0.2) is 11.6 Å². The molecule has 2 aliphatic rings. The van der Waals surface area contributed by atoms with Crippen LogP contribution < -0.4 is 4.74 Å². The van der Waals surface area contributed by atoms with Crippen molar-refractivity contribution in [2.24, 2.45) is 23.2 Å². The molecule has 0 radical (unpaired) electrons. The van der Waals surface area contributed by atoms with Crippen molar-refractivity contribution in [1.29, 1.82) is 5.26 Å². The Bertz CT molecular complexity index is 732. The number of nitriles is 1. The van der Waals surface area contributed by atoms with Crippen molar-refractivity contribution in [3.63, 3.8) is 0 Å². The van der Waals surface area contributed by atoms with E-state index in [2.05, 4.69) is 19.9 Å². The van der Waals surface area contributed by atoms with Crippen LogP contribution in [0.4, 0.5) is 4.39 Å². The van der Waals surface area contributed by atoms with E-state index in [4.69, 9.17) is 10.00 Å². The molecule has 30 heavy (non-hydrogen) atoms. The van der Waals surface area contributed by atoms with Crippen molar-refractivity contribution in [1.82, 2.24) is 0 Å². The van der Waals surface area contributed by atoms with Crippen LogP contribution >= 0.6 is 0 Å². The van der Waals surface area contributed by atoms with Crippen molar-refractivity contribution in [3.8, 4) is 11.8 Å². The summed E-state index contributed by atoms with van der Waals surface area (Å²) in [6.45, 7) is 5.17. The first kappa shape index (κ1) is 22.9. The average molecular weight is 412 g/mol. The van der Waals surface area contributed by atoms with E-state index in [1.54, 1.807) is 6.07 Å². The van der Waals surface area contributed by atoms with Gasteiger partial charge in [-0.2, -0.15) is 5.26 Å². The molecule has 0 spiro atoms. The Labute approximate surface area is 182 Å². The topological polar surface area (TPSA) is 33.0 Å². The normalized spacial score (nSPS) is 24.1. The first-order chi connectivity index (χ1) is 14.6. The average Bonchev–Trinajstić information content (AvgIpc) is 2.79. The molecule has 0 aliphatic heterocycles. The van der Waals surface area contributed by atoms with Gasteiger partial charge in [0.05, 0.1) is 11.6 Å². The highest BCUT2D eigenvalue weighted by atomic mass is 19.1. The van der Waals surface area contributed by atoms with Crippen LogP contribution in [-0.4, -0.2) is 6.61 Å². The van der Waals surface area contributed by atoms with Crippen molar-refractivity contribution in [2.45, 2.75) is 84.5 Å². The van der Waals surface area contributed by atoms with Crippen LogP contribution in [0.2, 0.25) is 0 Å². The van der Waals surface area contributed by atoms with Gasteiger partial charge < -0.3 is 4.74 Å². The van der Waals surface area contributed by atoms with E-state index in [9.17, 15) is 4.39 Å². The molecule has 0 unspecified atom stereocenters. The van der Waals surface area contributed by atoms with Gasteiger partial charge in [0, 0.05) is 0 Å². The lowest BCUT2D eigenvalue weighted by atomic mass is 9.54. The molecule has 0 atom stereocenters. The fourth-order valence-corrected chi connectivity index (χ4v) is 6.42. The predicted octanol–water partition coefficient (Wildman–Crippen LogP) is 7.83. The molecule has 1 aromatic rings. The van der Waals surface area contributed by atoms with E-state index in [0.29, 0.717) is 23.5 Å². The Hall–Kier alpha value is -1.82. The maximum atomic E-state index is 13.9. The van der Waals surface area contributed by atoms with Gasteiger partial charge in [-0.3, -0.25) is 0 Å². The first-order valence-corrected chi connectivity index (χ1v) is 12.1. The van der Waals surface area contributed by atoms with E-state index in [1.165, 1.54) is 82.8 Å². The molecule has 0 N–H and O–H groups in total. The van der Waals surface area contributed by atoms with Gasteiger partial charge in [-0.25, -0.2) is 4.39 Å². The van der Waals surface area contributed by atoms with Crippen LogP contribution in [0.1, 0.15) is 90.0 Å². The zero-order chi connectivity index (χ0) is 21.4. The number of halogens is 1. The van der Waals surface area contributed by atoms with Gasteiger partial charge in [0.25, 0.3) is 0 Å². The van der Waals surface area contributed by atoms with Crippen molar-refractivity contribution in [3.05, 3.63) is 41.7 Å². The van der Waals surface area contributed by atoms with Gasteiger partial charge in [-0.1, -0.05) is 58.1 Å². The molecule has 0 amide bonds. The van der Waals surface area contributed by atoms with E-state index < -0.39 is 5.82 Å². The zero-order valence-electron chi connectivity index (χ0n) is 18.8. The Morgan fingerprint density at radius 2 is 1.83 bits per heavy atom. The molecule has 2 aliphatic carbocycles. The number of allylic oxidation sites excluding steroid dienone is 1. The summed E-state index contributed by atoms with van der Waals surface area (Å²) >= 11 is 0. The molecule has 2 saturated carbocycles. The van der Waals surface area contributed by atoms with Gasteiger partial charge >= 0.3 is 0 Å². The fraction of sp³-hybridized carbons (Fsp3) is 0.667. The summed E-state index contributed by atoms with van der Waals surface area (Å²) in [6, 6.07) is 6.29. The lowest BCUT2D eigenvalue weighted by Crippen LogP contribution is -2.41. The van der Waals surface area contributed by atoms with E-state index >= 15 is 0 Å². The van der Waals surface area contributed by atoms with E-state index in [0.717, 1.165) is 11.8 Å². The SMILES string of the molecule is CCC(CC)C1([C@H]2CC[C@H](/C=C/COc3ccc(C#N)cc3F)CC2)CCCCC1. The van der Waals surface area contributed by atoms with Gasteiger partial charge in [0.2, 0.25) is 0 Å². The molecule has 0 aromatic heterocycles. The maximum Gasteiger partial charge on any atom is 0.166 e. The summed E-state index contributed by atoms with van der Waals surface area (Å²) in [6.07, 6.45) is 19.4. The molecule has 2 fully saturated rings. The molecule has 164 valence electrons. The second-order valence-electron chi connectivity index (χ2n) is 9.42. The third-order valence-electron chi connectivity index (χ3n) is 7.97. The second kappa shape index (κ2) is 11.0. The quantitative estimate of drug-likeness (QED) is 0.408. The number of nitrogens with zero attached hydrogens (tertiary/aromatic N) is 1. The minimum absolute atomic E-state index is 0.215. The Kier molecular flexibility index (Phi) is 8.37. The molecular formula is C27H38FNO. The van der Waals surface area contributed by atoms with Crippen molar-refractivity contribution in [2.75, 3.05) is 6.61 Å². The van der Waals surface area contributed by atoms with Crippen LogP contribution in [0, 0.1) is 40.3 Å². The van der Waals surface area contributed by atoms with Crippen LogP contribution in [0.3, 0.4) is 0 Å². The Morgan fingerprint density at radius 3 is 2.43 bits per heavy atom. The monoisotopic (exact) mass is 411 g/mol. The molecule has 2 nitrogen and oxygen atoms in total. The number of ether oxygens (including phenoxy) is 1. The summed E-state index contributed by atoms with van der Waals surface area (Å²) in [5, 5.41) is 8.82. The largest absolute Gasteiger partial charge is 0.486 e. The number of benzene rings is 1. The number of hydrogen-bond acceptors (Lipinski definition) is 2. The molecule has 3 heteroatoms. The molecule has 0 heterocycles. The summed E-state index contributed by atoms with van der Waals surface area (Å²) in [5.41, 5.74) is 0.920. The van der Waals surface area contributed by atoms with Gasteiger partial charge in [0.1, 0.15) is 6.61 Å². The maximum absolute atomic E-state index is 13.9. The standard InChI is InChI=1S/C27H38FNO/c1-3-23(4-2)27(16-6-5-7-17-27)24-13-10-21(11-14-24)9-8-18-30-26-15-12-22(20-29)19-25(26)28/h8-9,12,15,19,21,23-24H,3-7,10-11,13-14,16-18H2,1-2H3/b9-8+/t21-,24-. The fourth-order valence-electron chi connectivity index (χ4n) is 6.42. The summed E-state index contributed by atoms with van der Waals surface area (Å²) in [4.78, 5) is 0. The second-order valence-corrected chi connectivity index (χ2v) is 9.42. The van der Waals surface area contributed by atoms with E-state index in [-0.39, 0.29) is 5.75 Å². The smallest absolute Gasteiger partial charge is 0.166 e. The van der Waals surface area contributed by atoms with Crippen molar-refractivity contribution < 1.29 is 9.13 Å². The minimum atomic E-state index is -0.470. The Morgan fingerprint density at radius 1 is 1.13 bits per heavy atom. The van der Waals surface area contributed by atoms with Crippen LogP contribution in [0.15, 0.2) is 30.4 Å². The van der Waals surface area contributed by atoms with Gasteiger partial charge in [-0.05, 0) is 79.9 Å². The third kappa shape index (κ3) is 5.26. The predicted molar refractivity (Wildman–Crippen MR) is 121 cm³/mol.